The molecule has 1 heterocycles. The van der Waals surface area contributed by atoms with Gasteiger partial charge in [-0.25, -0.2) is 4.98 Å². The van der Waals surface area contributed by atoms with E-state index >= 15 is 0 Å². The summed E-state index contributed by atoms with van der Waals surface area (Å²) in [6, 6.07) is 6.29. The Balaban J connectivity index is 2.29. The van der Waals surface area contributed by atoms with Gasteiger partial charge in [0.05, 0.1) is 11.0 Å². The molecule has 2 aromatic rings. The molecule has 0 fully saturated rings. The molecule has 4 nitrogen and oxygen atoms in total. The third-order valence-electron chi connectivity index (χ3n) is 3.26. The summed E-state index contributed by atoms with van der Waals surface area (Å²) in [4.78, 5) is 16.4. The molecule has 2 rings (SSSR count). The predicted octanol–water partition coefficient (Wildman–Crippen LogP) is 3.91. The molecular formula is C16H23N3O. The minimum atomic E-state index is 0.0550. The standard InChI is InChI=1S/C16H23N3O/c1-10(2)8-16(20)18-13-6-7-15-14(9-13)17-12(5)19(15)11(3)4/h6-7,9-11H,8H2,1-5H3,(H,18,20). The zero-order valence-electron chi connectivity index (χ0n) is 12.9. The lowest BCUT2D eigenvalue weighted by Crippen LogP contribution is -2.13. The second-order valence-electron chi connectivity index (χ2n) is 5.97. The first kappa shape index (κ1) is 14.6. The Morgan fingerprint density at radius 3 is 2.60 bits per heavy atom. The zero-order valence-corrected chi connectivity index (χ0v) is 12.9. The third kappa shape index (κ3) is 3.00. The molecule has 0 radical (unpaired) electrons. The molecule has 0 saturated heterocycles. The van der Waals surface area contributed by atoms with Crippen molar-refractivity contribution in [1.82, 2.24) is 9.55 Å². The Morgan fingerprint density at radius 1 is 1.30 bits per heavy atom. The van der Waals surface area contributed by atoms with Gasteiger partial charge < -0.3 is 9.88 Å². The van der Waals surface area contributed by atoms with Crippen LogP contribution in [0, 0.1) is 12.8 Å². The van der Waals surface area contributed by atoms with Crippen molar-refractivity contribution in [2.45, 2.75) is 47.1 Å². The number of aromatic nitrogens is 2. The van der Waals surface area contributed by atoms with Crippen LogP contribution in [0.15, 0.2) is 18.2 Å². The van der Waals surface area contributed by atoms with Crippen LogP contribution in [0.25, 0.3) is 11.0 Å². The van der Waals surface area contributed by atoms with Crippen molar-refractivity contribution in [2.24, 2.45) is 5.92 Å². The van der Waals surface area contributed by atoms with Crippen LogP contribution in [-0.2, 0) is 4.79 Å². The van der Waals surface area contributed by atoms with Crippen LogP contribution in [0.3, 0.4) is 0 Å². The number of aryl methyl sites for hydroxylation is 1. The van der Waals surface area contributed by atoms with Gasteiger partial charge in [-0.15, -0.1) is 0 Å². The van der Waals surface area contributed by atoms with E-state index in [1.807, 2.05) is 39.0 Å². The van der Waals surface area contributed by atoms with Crippen molar-refractivity contribution in [3.8, 4) is 0 Å². The second kappa shape index (κ2) is 5.65. The normalized spacial score (nSPS) is 11.6. The maximum Gasteiger partial charge on any atom is 0.224 e. The Kier molecular flexibility index (Phi) is 4.12. The number of hydrogen-bond donors (Lipinski definition) is 1. The Morgan fingerprint density at radius 2 is 2.00 bits per heavy atom. The molecular weight excluding hydrogens is 250 g/mol. The quantitative estimate of drug-likeness (QED) is 0.918. The largest absolute Gasteiger partial charge is 0.326 e. The number of carbonyl (C=O) groups is 1. The highest BCUT2D eigenvalue weighted by Gasteiger charge is 2.11. The number of benzene rings is 1. The first-order chi connectivity index (χ1) is 9.38. The van der Waals surface area contributed by atoms with Gasteiger partial charge in [-0.3, -0.25) is 4.79 Å². The van der Waals surface area contributed by atoms with Crippen molar-refractivity contribution in [1.29, 1.82) is 0 Å². The van der Waals surface area contributed by atoms with Gasteiger partial charge in [-0.2, -0.15) is 0 Å². The molecule has 1 aromatic heterocycles. The number of fused-ring (bicyclic) bond motifs is 1. The molecule has 0 bridgehead atoms. The number of nitrogens with zero attached hydrogens (tertiary/aromatic N) is 2. The van der Waals surface area contributed by atoms with Gasteiger partial charge in [0.2, 0.25) is 5.91 Å². The second-order valence-corrected chi connectivity index (χ2v) is 5.97. The summed E-state index contributed by atoms with van der Waals surface area (Å²) in [6.07, 6.45) is 0.539. The maximum atomic E-state index is 11.8. The lowest BCUT2D eigenvalue weighted by atomic mass is 10.1. The molecule has 0 aliphatic rings. The van der Waals surface area contributed by atoms with Crippen LogP contribution >= 0.6 is 0 Å². The maximum absolute atomic E-state index is 11.8. The average molecular weight is 273 g/mol. The van der Waals surface area contributed by atoms with Gasteiger partial charge in [-0.05, 0) is 44.9 Å². The van der Waals surface area contributed by atoms with Crippen LogP contribution in [0.2, 0.25) is 0 Å². The van der Waals surface area contributed by atoms with Gasteiger partial charge >= 0.3 is 0 Å². The number of imidazole rings is 1. The summed E-state index contributed by atoms with van der Waals surface area (Å²) in [7, 11) is 0. The molecule has 1 amide bonds. The first-order valence-corrected chi connectivity index (χ1v) is 7.17. The van der Waals surface area contributed by atoms with Crippen LogP contribution in [0.1, 0.15) is 46.0 Å². The van der Waals surface area contributed by atoms with Crippen molar-refractivity contribution in [3.05, 3.63) is 24.0 Å². The third-order valence-corrected chi connectivity index (χ3v) is 3.26. The fourth-order valence-corrected chi connectivity index (χ4v) is 2.53. The van der Waals surface area contributed by atoms with Crippen LogP contribution in [-0.4, -0.2) is 15.5 Å². The van der Waals surface area contributed by atoms with Crippen molar-refractivity contribution in [3.63, 3.8) is 0 Å². The number of carbonyl (C=O) groups excluding carboxylic acids is 1. The van der Waals surface area contributed by atoms with Gasteiger partial charge in [0.15, 0.2) is 0 Å². The monoisotopic (exact) mass is 273 g/mol. The summed E-state index contributed by atoms with van der Waals surface area (Å²) in [5, 5.41) is 2.94. The van der Waals surface area contributed by atoms with Crippen molar-refractivity contribution in [2.75, 3.05) is 5.32 Å². The molecule has 20 heavy (non-hydrogen) atoms. The molecule has 0 unspecified atom stereocenters. The minimum absolute atomic E-state index is 0.0550. The Bertz CT molecular complexity index is 626. The van der Waals surface area contributed by atoms with Crippen LogP contribution in [0.4, 0.5) is 5.69 Å². The molecule has 1 aromatic carbocycles. The smallest absolute Gasteiger partial charge is 0.224 e. The molecule has 0 atom stereocenters. The van der Waals surface area contributed by atoms with E-state index < -0.39 is 0 Å². The highest BCUT2D eigenvalue weighted by molar-refractivity contribution is 5.93. The van der Waals surface area contributed by atoms with E-state index in [0.29, 0.717) is 18.4 Å². The van der Waals surface area contributed by atoms with E-state index in [2.05, 4.69) is 28.7 Å². The number of anilines is 1. The van der Waals surface area contributed by atoms with E-state index in [1.54, 1.807) is 0 Å². The fraction of sp³-hybridized carbons (Fsp3) is 0.500. The zero-order chi connectivity index (χ0) is 14.9. The minimum Gasteiger partial charge on any atom is -0.326 e. The van der Waals surface area contributed by atoms with Crippen LogP contribution in [0.5, 0.6) is 0 Å². The van der Waals surface area contributed by atoms with E-state index in [4.69, 9.17) is 0 Å². The number of nitrogens with one attached hydrogen (secondary N) is 1. The van der Waals surface area contributed by atoms with Gasteiger partial charge in [-0.1, -0.05) is 13.8 Å². The lowest BCUT2D eigenvalue weighted by Gasteiger charge is -2.11. The lowest BCUT2D eigenvalue weighted by molar-refractivity contribution is -0.116. The summed E-state index contributed by atoms with van der Waals surface area (Å²) in [5.74, 6) is 1.42. The van der Waals surface area contributed by atoms with Crippen molar-refractivity contribution < 1.29 is 4.79 Å². The van der Waals surface area contributed by atoms with Gasteiger partial charge in [0.1, 0.15) is 5.82 Å². The summed E-state index contributed by atoms with van der Waals surface area (Å²) in [5.41, 5.74) is 2.86. The SMILES string of the molecule is Cc1nc2cc(NC(=O)CC(C)C)ccc2n1C(C)C. The van der Waals surface area contributed by atoms with Crippen LogP contribution < -0.4 is 5.32 Å². The molecule has 0 aliphatic heterocycles. The molecule has 1 N–H and O–H groups in total. The molecule has 0 aliphatic carbocycles. The van der Waals surface area contributed by atoms with Crippen molar-refractivity contribution >= 4 is 22.6 Å². The van der Waals surface area contributed by atoms with Gasteiger partial charge in [0, 0.05) is 18.2 Å². The van der Waals surface area contributed by atoms with E-state index in [1.165, 1.54) is 0 Å². The summed E-state index contributed by atoms with van der Waals surface area (Å²) >= 11 is 0. The molecule has 0 saturated carbocycles. The predicted molar refractivity (Wildman–Crippen MR) is 82.9 cm³/mol. The van der Waals surface area contributed by atoms with Gasteiger partial charge in [0.25, 0.3) is 0 Å². The fourth-order valence-electron chi connectivity index (χ4n) is 2.53. The summed E-state index contributed by atoms with van der Waals surface area (Å²) in [6.45, 7) is 10.4. The number of rotatable bonds is 4. The Labute approximate surface area is 120 Å². The average Bonchev–Trinajstić information content (AvgIpc) is 2.62. The first-order valence-electron chi connectivity index (χ1n) is 7.17. The number of hydrogen-bond acceptors (Lipinski definition) is 2. The number of amides is 1. The molecule has 108 valence electrons. The summed E-state index contributed by atoms with van der Waals surface area (Å²) < 4.78 is 2.20. The highest BCUT2D eigenvalue weighted by Crippen LogP contribution is 2.23. The highest BCUT2D eigenvalue weighted by atomic mass is 16.1. The topological polar surface area (TPSA) is 46.9 Å². The molecule has 0 spiro atoms. The molecule has 4 heteroatoms. The van der Waals surface area contributed by atoms with E-state index in [-0.39, 0.29) is 5.91 Å². The van der Waals surface area contributed by atoms with E-state index in [9.17, 15) is 4.79 Å². The Hall–Kier alpha value is -1.84. The van der Waals surface area contributed by atoms with E-state index in [0.717, 1.165) is 22.5 Å².